The molecular weight excluding hydrogens is 272 g/mol. The van der Waals surface area contributed by atoms with Crippen molar-refractivity contribution in [3.05, 3.63) is 0 Å². The van der Waals surface area contributed by atoms with Crippen LogP contribution in [0.25, 0.3) is 0 Å². The molecule has 20 heavy (non-hydrogen) atoms. The van der Waals surface area contributed by atoms with Crippen molar-refractivity contribution in [3.63, 3.8) is 0 Å². The van der Waals surface area contributed by atoms with E-state index in [1.807, 2.05) is 6.26 Å². The Labute approximate surface area is 128 Å². The van der Waals surface area contributed by atoms with Crippen LogP contribution >= 0.6 is 12.0 Å². The van der Waals surface area contributed by atoms with Gasteiger partial charge in [0.25, 0.3) is 0 Å². The summed E-state index contributed by atoms with van der Waals surface area (Å²) in [6, 6.07) is 1.46. The number of hydrogen-bond acceptors (Lipinski definition) is 5. The number of nitrogens with zero attached hydrogens (tertiary/aromatic N) is 2. The number of fused-ring (bicyclic) bond motifs is 2. The van der Waals surface area contributed by atoms with Crippen LogP contribution in [0.4, 0.5) is 0 Å². The SMILES string of the molecule is CSOCCN1C2CCC1CN(CCOC(C)(C)C)C2. The van der Waals surface area contributed by atoms with Gasteiger partial charge in [0, 0.05) is 44.5 Å². The molecule has 2 saturated heterocycles. The van der Waals surface area contributed by atoms with E-state index in [0.717, 1.165) is 38.4 Å². The Hall–Kier alpha value is 0.190. The number of hydrogen-bond donors (Lipinski definition) is 0. The van der Waals surface area contributed by atoms with Gasteiger partial charge in [0.15, 0.2) is 0 Å². The highest BCUT2D eigenvalue weighted by Gasteiger charge is 2.39. The molecule has 0 spiro atoms. The Morgan fingerprint density at radius 3 is 2.25 bits per heavy atom. The zero-order chi connectivity index (χ0) is 14.6. The molecule has 2 aliphatic rings. The number of piperazine rings is 1. The molecule has 0 aromatic rings. The quantitative estimate of drug-likeness (QED) is 0.530. The van der Waals surface area contributed by atoms with Gasteiger partial charge in [-0.25, -0.2) is 0 Å². The van der Waals surface area contributed by atoms with E-state index in [2.05, 4.69) is 30.6 Å². The van der Waals surface area contributed by atoms with Gasteiger partial charge in [0.1, 0.15) is 0 Å². The molecule has 0 aromatic carbocycles. The van der Waals surface area contributed by atoms with Gasteiger partial charge in [0.2, 0.25) is 0 Å². The molecule has 0 radical (unpaired) electrons. The van der Waals surface area contributed by atoms with E-state index in [-0.39, 0.29) is 5.60 Å². The highest BCUT2D eigenvalue weighted by Crippen LogP contribution is 2.29. The van der Waals surface area contributed by atoms with Crippen molar-refractivity contribution in [2.75, 3.05) is 45.6 Å². The number of rotatable bonds is 7. The molecule has 2 unspecified atom stereocenters. The first-order valence-electron chi connectivity index (χ1n) is 7.77. The second-order valence-electron chi connectivity index (χ2n) is 6.83. The van der Waals surface area contributed by atoms with E-state index >= 15 is 0 Å². The maximum Gasteiger partial charge on any atom is 0.0741 e. The predicted molar refractivity (Wildman–Crippen MR) is 85.1 cm³/mol. The van der Waals surface area contributed by atoms with E-state index in [0.29, 0.717) is 0 Å². The molecule has 0 aromatic heterocycles. The molecule has 0 amide bonds. The van der Waals surface area contributed by atoms with Crippen molar-refractivity contribution in [3.8, 4) is 0 Å². The van der Waals surface area contributed by atoms with E-state index < -0.39 is 0 Å². The van der Waals surface area contributed by atoms with Gasteiger partial charge in [-0.3, -0.25) is 9.80 Å². The molecule has 2 atom stereocenters. The van der Waals surface area contributed by atoms with Gasteiger partial charge in [-0.15, -0.1) is 0 Å². The maximum absolute atomic E-state index is 5.85. The van der Waals surface area contributed by atoms with Gasteiger partial charge >= 0.3 is 0 Å². The first kappa shape index (κ1) is 16.6. The molecule has 4 nitrogen and oxygen atoms in total. The monoisotopic (exact) mass is 302 g/mol. The molecule has 0 aliphatic carbocycles. The van der Waals surface area contributed by atoms with Gasteiger partial charge < -0.3 is 8.92 Å². The van der Waals surface area contributed by atoms with Gasteiger partial charge in [0.05, 0.1) is 18.8 Å². The zero-order valence-corrected chi connectivity index (χ0v) is 14.2. The number of likely N-dealkylation sites (tertiary alicyclic amines) is 1. The Kier molecular flexibility index (Phi) is 6.17. The lowest BCUT2D eigenvalue weighted by Crippen LogP contribution is -2.55. The fourth-order valence-electron chi connectivity index (χ4n) is 3.33. The summed E-state index contributed by atoms with van der Waals surface area (Å²) in [6.45, 7) is 12.6. The minimum absolute atomic E-state index is 0.0179. The zero-order valence-electron chi connectivity index (χ0n) is 13.4. The van der Waals surface area contributed by atoms with Crippen molar-refractivity contribution >= 4 is 12.0 Å². The topological polar surface area (TPSA) is 24.9 Å². The van der Waals surface area contributed by atoms with Crippen molar-refractivity contribution in [2.45, 2.75) is 51.3 Å². The fourth-order valence-corrected chi connectivity index (χ4v) is 3.57. The molecule has 2 bridgehead atoms. The second-order valence-corrected chi connectivity index (χ2v) is 7.40. The van der Waals surface area contributed by atoms with E-state index in [9.17, 15) is 0 Å². The van der Waals surface area contributed by atoms with Crippen LogP contribution < -0.4 is 0 Å². The first-order valence-corrected chi connectivity index (χ1v) is 8.92. The summed E-state index contributed by atoms with van der Waals surface area (Å²) in [4.78, 5) is 5.25. The largest absolute Gasteiger partial charge is 0.375 e. The minimum atomic E-state index is -0.0179. The van der Waals surface area contributed by atoms with E-state index in [1.165, 1.54) is 38.0 Å². The van der Waals surface area contributed by atoms with Gasteiger partial charge in [-0.1, -0.05) is 0 Å². The normalized spacial score (nSPS) is 28.2. The van der Waals surface area contributed by atoms with Gasteiger partial charge in [-0.05, 0) is 45.7 Å². The predicted octanol–water partition coefficient (Wildman–Crippen LogP) is 2.24. The molecule has 2 rings (SSSR count). The lowest BCUT2D eigenvalue weighted by Gasteiger charge is -2.41. The summed E-state index contributed by atoms with van der Waals surface area (Å²) in [5.41, 5.74) is -0.0179. The molecule has 2 aliphatic heterocycles. The Bertz CT molecular complexity index is 282. The Morgan fingerprint density at radius 2 is 1.70 bits per heavy atom. The summed E-state index contributed by atoms with van der Waals surface area (Å²) in [5, 5.41) is 0. The maximum atomic E-state index is 5.85. The average Bonchev–Trinajstić information content (AvgIpc) is 2.59. The lowest BCUT2D eigenvalue weighted by atomic mass is 10.2. The van der Waals surface area contributed by atoms with Crippen LogP contribution in [0.3, 0.4) is 0 Å². The molecule has 5 heteroatoms. The third-order valence-electron chi connectivity index (χ3n) is 4.20. The summed E-state index contributed by atoms with van der Waals surface area (Å²) >= 11 is 1.47. The lowest BCUT2D eigenvalue weighted by molar-refractivity contribution is -0.0249. The van der Waals surface area contributed by atoms with Crippen LogP contribution in [-0.4, -0.2) is 73.1 Å². The van der Waals surface area contributed by atoms with Crippen LogP contribution in [0, 0.1) is 0 Å². The Morgan fingerprint density at radius 1 is 1.05 bits per heavy atom. The average molecular weight is 302 g/mol. The van der Waals surface area contributed by atoms with Crippen molar-refractivity contribution < 1.29 is 8.92 Å². The minimum Gasteiger partial charge on any atom is -0.375 e. The molecular formula is C15H30N2O2S. The van der Waals surface area contributed by atoms with E-state index in [4.69, 9.17) is 8.92 Å². The summed E-state index contributed by atoms with van der Waals surface area (Å²) in [7, 11) is 0. The van der Waals surface area contributed by atoms with Crippen molar-refractivity contribution in [1.29, 1.82) is 0 Å². The van der Waals surface area contributed by atoms with Crippen molar-refractivity contribution in [1.82, 2.24) is 9.80 Å². The highest BCUT2D eigenvalue weighted by molar-refractivity contribution is 7.93. The van der Waals surface area contributed by atoms with Crippen LogP contribution in [-0.2, 0) is 8.92 Å². The molecule has 0 N–H and O–H groups in total. The van der Waals surface area contributed by atoms with E-state index in [1.54, 1.807) is 0 Å². The fraction of sp³-hybridized carbons (Fsp3) is 1.00. The smallest absolute Gasteiger partial charge is 0.0741 e. The van der Waals surface area contributed by atoms with Gasteiger partial charge in [-0.2, -0.15) is 0 Å². The third kappa shape index (κ3) is 4.88. The van der Waals surface area contributed by atoms with Crippen molar-refractivity contribution in [2.24, 2.45) is 0 Å². The molecule has 2 fully saturated rings. The first-order chi connectivity index (χ1) is 9.49. The van der Waals surface area contributed by atoms with Crippen LogP contribution in [0.1, 0.15) is 33.6 Å². The summed E-state index contributed by atoms with van der Waals surface area (Å²) in [6.07, 6.45) is 4.68. The van der Waals surface area contributed by atoms with Crippen LogP contribution in [0.5, 0.6) is 0 Å². The highest BCUT2D eigenvalue weighted by atomic mass is 32.2. The third-order valence-corrected chi connectivity index (χ3v) is 4.60. The summed E-state index contributed by atoms with van der Waals surface area (Å²) < 4.78 is 11.3. The Balaban J connectivity index is 1.71. The second kappa shape index (κ2) is 7.45. The standard InChI is InChI=1S/C15H30N2O2S/c1-15(2,3)18-9-7-16-11-13-5-6-14(12-16)17(13)8-10-19-20-4/h13-14H,5-12H2,1-4H3. The molecule has 118 valence electrons. The molecule has 0 saturated carbocycles. The van der Waals surface area contributed by atoms with Crippen LogP contribution in [0.15, 0.2) is 0 Å². The van der Waals surface area contributed by atoms with Crippen LogP contribution in [0.2, 0.25) is 0 Å². The molecule has 2 heterocycles. The summed E-state index contributed by atoms with van der Waals surface area (Å²) in [5.74, 6) is 0. The number of ether oxygens (including phenoxy) is 1.